The van der Waals surface area contributed by atoms with Crippen molar-refractivity contribution in [2.45, 2.75) is 61.9 Å². The van der Waals surface area contributed by atoms with Gasteiger partial charge >= 0.3 is 24.0 Å². The number of carbonyl (C=O) groups excluding carboxylic acids is 1. The van der Waals surface area contributed by atoms with Crippen molar-refractivity contribution in [3.05, 3.63) is 0 Å². The van der Waals surface area contributed by atoms with Crippen molar-refractivity contribution in [2.24, 2.45) is 0 Å². The lowest BCUT2D eigenvalue weighted by Crippen LogP contribution is -2.57. The Labute approximate surface area is 121 Å². The van der Waals surface area contributed by atoms with Gasteiger partial charge in [-0.05, 0) is 32.7 Å². The van der Waals surface area contributed by atoms with Crippen LogP contribution >= 0.6 is 0 Å². The summed E-state index contributed by atoms with van der Waals surface area (Å²) in [5, 5.41) is 0. The van der Waals surface area contributed by atoms with Crippen molar-refractivity contribution in [3.8, 4) is 0 Å². The van der Waals surface area contributed by atoms with Gasteiger partial charge in [-0.2, -0.15) is 30.7 Å². The highest BCUT2D eigenvalue weighted by Crippen LogP contribution is 2.47. The van der Waals surface area contributed by atoms with Gasteiger partial charge in [0.25, 0.3) is 0 Å². The number of fused-ring (bicyclic) bond motifs is 2. The third kappa shape index (κ3) is 2.65. The number of esters is 1. The third-order valence-electron chi connectivity index (χ3n) is 4.34. The number of nitrogens with zero attached hydrogens (tertiary/aromatic N) is 1. The normalized spacial score (nSPS) is 30.5. The van der Waals surface area contributed by atoms with E-state index in [9.17, 15) is 35.5 Å². The SMILES string of the molecule is CN1C2CCC1CC(OC(=O)C(F)(F)C(F)(F)C(F)(F)F)C2. The zero-order chi connectivity index (χ0) is 16.9. The van der Waals surface area contributed by atoms with E-state index in [-0.39, 0.29) is 24.9 Å². The zero-order valence-corrected chi connectivity index (χ0v) is 11.5. The number of halogens is 7. The molecule has 0 aromatic carbocycles. The van der Waals surface area contributed by atoms with E-state index < -0.39 is 30.1 Å². The van der Waals surface area contributed by atoms with Crippen molar-refractivity contribution in [3.63, 3.8) is 0 Å². The lowest BCUT2D eigenvalue weighted by atomic mass is 10.0. The van der Waals surface area contributed by atoms with E-state index in [4.69, 9.17) is 0 Å². The number of rotatable bonds is 3. The van der Waals surface area contributed by atoms with Crippen molar-refractivity contribution < 1.29 is 40.3 Å². The number of ether oxygens (including phenoxy) is 1. The lowest BCUT2D eigenvalue weighted by molar-refractivity contribution is -0.349. The van der Waals surface area contributed by atoms with Gasteiger partial charge in [0.15, 0.2) is 0 Å². The highest BCUT2D eigenvalue weighted by atomic mass is 19.4. The molecule has 0 aromatic heterocycles. The highest BCUT2D eigenvalue weighted by Gasteiger charge is 2.77. The average Bonchev–Trinajstić information content (AvgIpc) is 2.61. The minimum Gasteiger partial charge on any atom is -0.458 e. The Balaban J connectivity index is 2.06. The van der Waals surface area contributed by atoms with Crippen LogP contribution in [-0.2, 0) is 9.53 Å². The Bertz CT molecular complexity index is 437. The Morgan fingerprint density at radius 2 is 1.45 bits per heavy atom. The van der Waals surface area contributed by atoms with Crippen molar-refractivity contribution in [1.29, 1.82) is 0 Å². The van der Waals surface area contributed by atoms with Crippen molar-refractivity contribution >= 4 is 5.97 Å². The first kappa shape index (κ1) is 17.3. The van der Waals surface area contributed by atoms with Crippen LogP contribution < -0.4 is 0 Å². The number of carbonyl (C=O) groups is 1. The molecule has 3 nitrogen and oxygen atoms in total. The molecule has 0 aliphatic carbocycles. The molecular weight excluding hydrogens is 323 g/mol. The summed E-state index contributed by atoms with van der Waals surface area (Å²) in [6, 6.07) is -0.0957. The Kier molecular flexibility index (Phi) is 4.12. The predicted octanol–water partition coefficient (Wildman–Crippen LogP) is 2.99. The van der Waals surface area contributed by atoms with Gasteiger partial charge < -0.3 is 9.64 Å². The first-order chi connectivity index (χ1) is 9.88. The summed E-state index contributed by atoms with van der Waals surface area (Å²) in [5.41, 5.74) is 0. The van der Waals surface area contributed by atoms with Gasteiger partial charge in [-0.1, -0.05) is 0 Å². The van der Waals surface area contributed by atoms with E-state index in [0.717, 1.165) is 12.8 Å². The molecule has 2 saturated heterocycles. The minimum absolute atomic E-state index is 0.0479. The van der Waals surface area contributed by atoms with Crippen LogP contribution in [0.1, 0.15) is 25.7 Å². The van der Waals surface area contributed by atoms with Crippen LogP contribution in [0, 0.1) is 0 Å². The summed E-state index contributed by atoms with van der Waals surface area (Å²) in [6.07, 6.45) is -5.84. The quantitative estimate of drug-likeness (QED) is 0.586. The van der Waals surface area contributed by atoms with Gasteiger partial charge in [-0.15, -0.1) is 0 Å². The van der Waals surface area contributed by atoms with Crippen LogP contribution in [0.2, 0.25) is 0 Å². The second-order valence-electron chi connectivity index (χ2n) is 5.70. The number of hydrogen-bond donors (Lipinski definition) is 0. The number of hydrogen-bond acceptors (Lipinski definition) is 3. The smallest absolute Gasteiger partial charge is 0.458 e. The molecule has 0 aromatic rings. The second kappa shape index (κ2) is 5.24. The van der Waals surface area contributed by atoms with Gasteiger partial charge in [-0.3, -0.25) is 0 Å². The first-order valence-corrected chi connectivity index (χ1v) is 6.63. The summed E-state index contributed by atoms with van der Waals surface area (Å²) < 4.78 is 92.2. The molecule has 10 heteroatoms. The highest BCUT2D eigenvalue weighted by molar-refractivity contribution is 5.79. The fourth-order valence-electron chi connectivity index (χ4n) is 2.99. The standard InChI is InChI=1S/C12H14F7NO2/c1-20-6-2-3-7(20)5-8(4-6)22-9(21)10(13,14)11(15,16)12(17,18)19/h6-8H,2-5H2,1H3. The van der Waals surface area contributed by atoms with Gasteiger partial charge in [0.1, 0.15) is 6.10 Å². The molecule has 2 fully saturated rings. The van der Waals surface area contributed by atoms with Crippen LogP contribution in [0.25, 0.3) is 0 Å². The molecule has 2 bridgehead atoms. The van der Waals surface area contributed by atoms with E-state index in [0.29, 0.717) is 0 Å². The van der Waals surface area contributed by atoms with Gasteiger partial charge in [0.05, 0.1) is 0 Å². The molecule has 0 spiro atoms. The molecule has 2 heterocycles. The fraction of sp³-hybridized carbons (Fsp3) is 0.917. The van der Waals surface area contributed by atoms with Crippen LogP contribution in [0.3, 0.4) is 0 Å². The van der Waals surface area contributed by atoms with Gasteiger partial charge in [0.2, 0.25) is 0 Å². The largest absolute Gasteiger partial charge is 0.460 e. The summed E-state index contributed by atoms with van der Waals surface area (Å²) in [6.45, 7) is 0. The molecule has 22 heavy (non-hydrogen) atoms. The van der Waals surface area contributed by atoms with E-state index in [1.165, 1.54) is 0 Å². The Hall–Kier alpha value is -1.06. The third-order valence-corrected chi connectivity index (χ3v) is 4.34. The van der Waals surface area contributed by atoms with Crippen molar-refractivity contribution in [2.75, 3.05) is 7.05 Å². The predicted molar refractivity (Wildman–Crippen MR) is 59.6 cm³/mol. The van der Waals surface area contributed by atoms with Crippen LogP contribution in [0.5, 0.6) is 0 Å². The fourth-order valence-corrected chi connectivity index (χ4v) is 2.99. The maximum Gasteiger partial charge on any atom is 0.460 e. The molecule has 0 N–H and O–H groups in total. The topological polar surface area (TPSA) is 29.5 Å². The summed E-state index contributed by atoms with van der Waals surface area (Å²) in [4.78, 5) is 13.1. The average molecular weight is 337 g/mol. The second-order valence-corrected chi connectivity index (χ2v) is 5.70. The molecule has 2 aliphatic rings. The van der Waals surface area contributed by atoms with E-state index in [1.807, 2.05) is 4.90 Å². The van der Waals surface area contributed by atoms with Gasteiger partial charge in [0, 0.05) is 12.1 Å². The maximum atomic E-state index is 13.2. The molecule has 0 saturated carbocycles. The summed E-state index contributed by atoms with van der Waals surface area (Å²) >= 11 is 0. The Morgan fingerprint density at radius 1 is 1.00 bits per heavy atom. The van der Waals surface area contributed by atoms with E-state index >= 15 is 0 Å². The molecule has 2 rings (SSSR count). The monoisotopic (exact) mass is 337 g/mol. The molecular formula is C12H14F7NO2. The van der Waals surface area contributed by atoms with E-state index in [1.54, 1.807) is 7.05 Å². The summed E-state index contributed by atoms with van der Waals surface area (Å²) in [5.74, 6) is -15.3. The minimum atomic E-state index is -6.54. The number of alkyl halides is 7. The zero-order valence-electron chi connectivity index (χ0n) is 11.5. The molecule has 2 aliphatic heterocycles. The Morgan fingerprint density at radius 3 is 1.86 bits per heavy atom. The molecule has 2 unspecified atom stereocenters. The number of piperidine rings is 1. The molecule has 0 amide bonds. The van der Waals surface area contributed by atoms with Crippen LogP contribution in [0.15, 0.2) is 0 Å². The van der Waals surface area contributed by atoms with Crippen molar-refractivity contribution in [1.82, 2.24) is 4.90 Å². The van der Waals surface area contributed by atoms with Gasteiger partial charge in [-0.25, -0.2) is 4.79 Å². The first-order valence-electron chi connectivity index (χ1n) is 6.63. The maximum absolute atomic E-state index is 13.2. The molecule has 0 radical (unpaired) electrons. The van der Waals surface area contributed by atoms with Crippen LogP contribution in [-0.4, -0.2) is 54.1 Å². The lowest BCUT2D eigenvalue weighted by Gasteiger charge is -2.36. The van der Waals surface area contributed by atoms with Crippen LogP contribution in [0.4, 0.5) is 30.7 Å². The molecule has 128 valence electrons. The van der Waals surface area contributed by atoms with E-state index in [2.05, 4.69) is 4.74 Å². The molecule has 2 atom stereocenters. The summed E-state index contributed by atoms with van der Waals surface area (Å²) in [7, 11) is 1.80.